The van der Waals surface area contributed by atoms with Gasteiger partial charge in [0, 0.05) is 15.7 Å². The van der Waals surface area contributed by atoms with Gasteiger partial charge in [-0.15, -0.1) is 0 Å². The van der Waals surface area contributed by atoms with Crippen molar-refractivity contribution in [3.63, 3.8) is 0 Å². The molecule has 0 heterocycles. The molecule has 0 spiro atoms. The molecule has 0 radical (unpaired) electrons. The first-order chi connectivity index (χ1) is 15.2. The molecule has 2 N–H and O–H groups in total. The summed E-state index contributed by atoms with van der Waals surface area (Å²) in [5.74, 6) is 0.138. The molecule has 0 aliphatic carbocycles. The van der Waals surface area contributed by atoms with Gasteiger partial charge >= 0.3 is 0 Å². The fourth-order valence-electron chi connectivity index (χ4n) is 2.89. The highest BCUT2D eigenvalue weighted by atomic mass is 35.5. The van der Waals surface area contributed by atoms with Crippen LogP contribution < -0.4 is 14.8 Å². The van der Waals surface area contributed by atoms with Crippen LogP contribution >= 0.6 is 23.2 Å². The molecule has 0 aliphatic rings. The van der Waals surface area contributed by atoms with Crippen molar-refractivity contribution in [1.82, 2.24) is 0 Å². The second-order valence-electron chi connectivity index (χ2n) is 7.00. The van der Waals surface area contributed by atoms with Crippen molar-refractivity contribution in [2.45, 2.75) is 31.3 Å². The Morgan fingerprint density at radius 2 is 1.72 bits per heavy atom. The Balaban J connectivity index is 1.69. The summed E-state index contributed by atoms with van der Waals surface area (Å²) in [5.41, 5.74) is 1.48. The molecule has 1 atom stereocenters. The molecule has 0 aliphatic heterocycles. The van der Waals surface area contributed by atoms with Gasteiger partial charge in [0.15, 0.2) is 6.10 Å². The SMILES string of the molecule is CC[C@H](Oc1cccc(Cl)c1)C(=O)Nc1ccc(S(=O)(=O)Nc2cccc(Cl)c2C)cc1. The van der Waals surface area contributed by atoms with Crippen LogP contribution in [0.25, 0.3) is 0 Å². The lowest BCUT2D eigenvalue weighted by Crippen LogP contribution is -2.32. The number of amides is 1. The van der Waals surface area contributed by atoms with Gasteiger partial charge in [0.05, 0.1) is 10.6 Å². The lowest BCUT2D eigenvalue weighted by molar-refractivity contribution is -0.122. The number of hydrogen-bond donors (Lipinski definition) is 2. The molecule has 0 fully saturated rings. The molecule has 6 nitrogen and oxygen atoms in total. The average Bonchev–Trinajstić information content (AvgIpc) is 2.75. The summed E-state index contributed by atoms with van der Waals surface area (Å²) in [6.07, 6.45) is -0.294. The van der Waals surface area contributed by atoms with Crippen LogP contribution in [0.3, 0.4) is 0 Å². The molecule has 0 bridgehead atoms. The Morgan fingerprint density at radius 1 is 1.03 bits per heavy atom. The summed E-state index contributed by atoms with van der Waals surface area (Å²) in [7, 11) is -3.82. The van der Waals surface area contributed by atoms with Crippen LogP contribution in [0.2, 0.25) is 10.0 Å². The molecule has 0 aromatic heterocycles. The van der Waals surface area contributed by atoms with Gasteiger partial charge in [0.2, 0.25) is 0 Å². The van der Waals surface area contributed by atoms with E-state index in [2.05, 4.69) is 10.0 Å². The Kier molecular flexibility index (Phi) is 7.66. The highest BCUT2D eigenvalue weighted by Crippen LogP contribution is 2.26. The van der Waals surface area contributed by atoms with Crippen LogP contribution in [0.4, 0.5) is 11.4 Å². The first-order valence-corrected chi connectivity index (χ1v) is 12.0. The highest BCUT2D eigenvalue weighted by Gasteiger charge is 2.20. The number of hydrogen-bond acceptors (Lipinski definition) is 4. The molecule has 168 valence electrons. The van der Waals surface area contributed by atoms with Crippen molar-refractivity contribution in [3.8, 4) is 5.75 Å². The fraction of sp³-hybridized carbons (Fsp3) is 0.174. The second-order valence-corrected chi connectivity index (χ2v) is 9.53. The van der Waals surface area contributed by atoms with Crippen LogP contribution in [0.5, 0.6) is 5.75 Å². The van der Waals surface area contributed by atoms with Crippen LogP contribution in [0.1, 0.15) is 18.9 Å². The topological polar surface area (TPSA) is 84.5 Å². The molecule has 1 amide bonds. The molecule has 3 rings (SSSR count). The van der Waals surface area contributed by atoms with Gasteiger partial charge in [-0.25, -0.2) is 8.42 Å². The summed E-state index contributed by atoms with van der Waals surface area (Å²) < 4.78 is 33.7. The number of carbonyl (C=O) groups excluding carboxylic acids is 1. The first kappa shape index (κ1) is 23.9. The van der Waals surface area contributed by atoms with Crippen LogP contribution in [0, 0.1) is 6.92 Å². The Morgan fingerprint density at radius 3 is 2.38 bits per heavy atom. The minimum absolute atomic E-state index is 0.0529. The third kappa shape index (κ3) is 5.94. The van der Waals surface area contributed by atoms with Crippen LogP contribution in [-0.4, -0.2) is 20.4 Å². The number of carbonyl (C=O) groups is 1. The molecular weight excluding hydrogens is 471 g/mol. The number of nitrogens with one attached hydrogen (secondary N) is 2. The minimum atomic E-state index is -3.82. The van der Waals surface area contributed by atoms with E-state index in [-0.39, 0.29) is 10.8 Å². The Labute approximate surface area is 197 Å². The number of anilines is 2. The zero-order valence-corrected chi connectivity index (χ0v) is 19.8. The predicted molar refractivity (Wildman–Crippen MR) is 128 cm³/mol. The van der Waals surface area contributed by atoms with E-state index in [1.54, 1.807) is 49.4 Å². The van der Waals surface area contributed by atoms with Gasteiger partial charge in [-0.3, -0.25) is 9.52 Å². The summed E-state index contributed by atoms with van der Waals surface area (Å²) in [6, 6.07) is 17.7. The van der Waals surface area contributed by atoms with Gasteiger partial charge in [-0.2, -0.15) is 0 Å². The predicted octanol–water partition coefficient (Wildman–Crippen LogP) is 5.90. The molecule has 0 saturated heterocycles. The number of benzene rings is 3. The van der Waals surface area contributed by atoms with E-state index < -0.39 is 16.1 Å². The van der Waals surface area contributed by atoms with E-state index >= 15 is 0 Å². The molecule has 0 unspecified atom stereocenters. The maximum Gasteiger partial charge on any atom is 0.265 e. The van der Waals surface area contributed by atoms with E-state index in [0.717, 1.165) is 0 Å². The molecular formula is C23H22Cl2N2O4S. The third-order valence-electron chi connectivity index (χ3n) is 4.68. The van der Waals surface area contributed by atoms with E-state index in [1.165, 1.54) is 24.3 Å². The van der Waals surface area contributed by atoms with Crippen molar-refractivity contribution in [1.29, 1.82) is 0 Å². The largest absolute Gasteiger partial charge is 0.481 e. The van der Waals surface area contributed by atoms with E-state index in [9.17, 15) is 13.2 Å². The molecule has 0 saturated carbocycles. The van der Waals surface area contributed by atoms with Crippen LogP contribution in [-0.2, 0) is 14.8 Å². The van der Waals surface area contributed by atoms with Gasteiger partial charge in [0.1, 0.15) is 5.75 Å². The smallest absolute Gasteiger partial charge is 0.265 e. The number of rotatable bonds is 8. The van der Waals surface area contributed by atoms with E-state index in [4.69, 9.17) is 27.9 Å². The lowest BCUT2D eigenvalue weighted by Gasteiger charge is -2.17. The quantitative estimate of drug-likeness (QED) is 0.409. The van der Waals surface area contributed by atoms with Gasteiger partial charge in [-0.1, -0.05) is 42.3 Å². The fourth-order valence-corrected chi connectivity index (χ4v) is 4.37. The summed E-state index contributed by atoms with van der Waals surface area (Å²) in [5, 5.41) is 3.72. The van der Waals surface area contributed by atoms with Crippen molar-refractivity contribution in [3.05, 3.63) is 82.3 Å². The van der Waals surface area contributed by atoms with E-state index in [1.807, 2.05) is 6.92 Å². The lowest BCUT2D eigenvalue weighted by atomic mass is 10.2. The highest BCUT2D eigenvalue weighted by molar-refractivity contribution is 7.92. The van der Waals surface area contributed by atoms with Gasteiger partial charge < -0.3 is 10.1 Å². The van der Waals surface area contributed by atoms with Crippen molar-refractivity contribution in [2.24, 2.45) is 0 Å². The maximum atomic E-state index is 12.7. The zero-order valence-electron chi connectivity index (χ0n) is 17.4. The Hall–Kier alpha value is -2.74. The molecule has 9 heteroatoms. The second kappa shape index (κ2) is 10.3. The number of halogens is 2. The first-order valence-electron chi connectivity index (χ1n) is 9.80. The van der Waals surface area contributed by atoms with Gasteiger partial charge in [0.25, 0.3) is 15.9 Å². The number of sulfonamides is 1. The monoisotopic (exact) mass is 492 g/mol. The minimum Gasteiger partial charge on any atom is -0.481 e. The van der Waals surface area contributed by atoms with Crippen LogP contribution in [0.15, 0.2) is 71.6 Å². The van der Waals surface area contributed by atoms with Crippen molar-refractivity contribution in [2.75, 3.05) is 10.0 Å². The standard InChI is InChI=1S/C23H22Cl2N2O4S/c1-3-22(31-18-7-4-6-16(24)14-18)23(28)26-17-10-12-19(13-11-17)32(29,30)27-21-9-5-8-20(25)15(21)2/h4-14,22,27H,3H2,1-2H3,(H,26,28)/t22-/m0/s1. The zero-order chi connectivity index (χ0) is 23.3. The molecule has 3 aromatic rings. The summed E-state index contributed by atoms with van der Waals surface area (Å²) in [4.78, 5) is 12.7. The van der Waals surface area contributed by atoms with Crippen molar-refractivity contribution < 1.29 is 17.9 Å². The number of ether oxygens (including phenoxy) is 1. The maximum absolute atomic E-state index is 12.7. The van der Waals surface area contributed by atoms with E-state index in [0.29, 0.717) is 39.2 Å². The van der Waals surface area contributed by atoms with Gasteiger partial charge in [-0.05, 0) is 73.5 Å². The summed E-state index contributed by atoms with van der Waals surface area (Å²) in [6.45, 7) is 3.56. The average molecular weight is 493 g/mol. The Bertz CT molecular complexity index is 1210. The normalized spacial score (nSPS) is 12.1. The molecule has 3 aromatic carbocycles. The van der Waals surface area contributed by atoms with Crippen molar-refractivity contribution >= 4 is 50.5 Å². The summed E-state index contributed by atoms with van der Waals surface area (Å²) >= 11 is 12.0. The molecule has 32 heavy (non-hydrogen) atoms. The third-order valence-corrected chi connectivity index (χ3v) is 6.71.